The van der Waals surface area contributed by atoms with Gasteiger partial charge in [0.2, 0.25) is 11.8 Å². The predicted molar refractivity (Wildman–Crippen MR) is 75.3 cm³/mol. The number of carbonyl (C=O) groups is 2. The first-order valence-electron chi connectivity index (χ1n) is 7.06. The van der Waals surface area contributed by atoms with Crippen LogP contribution in [0.1, 0.15) is 53.4 Å². The fourth-order valence-electron chi connectivity index (χ4n) is 2.52. The third kappa shape index (κ3) is 2.75. The lowest BCUT2D eigenvalue weighted by Gasteiger charge is -2.46. The van der Waals surface area contributed by atoms with Gasteiger partial charge in [0.25, 0.3) is 0 Å². The van der Waals surface area contributed by atoms with E-state index in [-0.39, 0.29) is 17.9 Å². The zero-order valence-corrected chi connectivity index (χ0v) is 12.3. The predicted octanol–water partition coefficient (Wildman–Crippen LogP) is 1.69. The number of carbonyl (C=O) groups excluding carboxylic acids is 2. The van der Waals surface area contributed by atoms with Crippen LogP contribution in [0.3, 0.4) is 0 Å². The summed E-state index contributed by atoms with van der Waals surface area (Å²) in [5.41, 5.74) is -0.828. The molecule has 19 heavy (non-hydrogen) atoms. The molecule has 1 aliphatic heterocycles. The van der Waals surface area contributed by atoms with Crippen LogP contribution in [0.25, 0.3) is 0 Å². The van der Waals surface area contributed by atoms with Crippen LogP contribution >= 0.6 is 0 Å². The Bertz CT molecular complexity index is 399. The fraction of sp³-hybridized carbons (Fsp3) is 0.733. The van der Waals surface area contributed by atoms with Crippen molar-refractivity contribution >= 4 is 11.8 Å². The molecule has 1 fully saturated rings. The lowest BCUT2D eigenvalue weighted by molar-refractivity contribution is -0.156. The highest BCUT2D eigenvalue weighted by Gasteiger charge is 2.48. The summed E-state index contributed by atoms with van der Waals surface area (Å²) in [6.07, 6.45) is 8.33. The van der Waals surface area contributed by atoms with Crippen molar-refractivity contribution < 1.29 is 9.59 Å². The molecule has 2 amide bonds. The topological polar surface area (TPSA) is 49.4 Å². The van der Waals surface area contributed by atoms with Crippen molar-refractivity contribution in [2.75, 3.05) is 0 Å². The van der Waals surface area contributed by atoms with E-state index in [1.165, 1.54) is 0 Å². The summed E-state index contributed by atoms with van der Waals surface area (Å²) in [6.45, 7) is 7.59. The molecule has 1 saturated heterocycles. The third-order valence-electron chi connectivity index (χ3n) is 3.93. The molecule has 1 heterocycles. The fourth-order valence-corrected chi connectivity index (χ4v) is 2.52. The first-order valence-corrected chi connectivity index (χ1v) is 7.06. The maximum absolute atomic E-state index is 12.7. The Balaban J connectivity index is 3.16. The van der Waals surface area contributed by atoms with E-state index in [4.69, 9.17) is 6.42 Å². The third-order valence-corrected chi connectivity index (χ3v) is 3.93. The van der Waals surface area contributed by atoms with Gasteiger partial charge in [0.1, 0.15) is 11.6 Å². The van der Waals surface area contributed by atoms with Crippen LogP contribution in [0, 0.1) is 12.3 Å². The monoisotopic (exact) mass is 264 g/mol. The van der Waals surface area contributed by atoms with Gasteiger partial charge < -0.3 is 10.2 Å². The molecule has 0 radical (unpaired) electrons. The minimum Gasteiger partial charge on any atom is -0.340 e. The van der Waals surface area contributed by atoms with E-state index in [9.17, 15) is 9.59 Å². The first-order chi connectivity index (χ1) is 8.95. The molecule has 0 aliphatic carbocycles. The van der Waals surface area contributed by atoms with Gasteiger partial charge in [-0.25, -0.2) is 0 Å². The van der Waals surface area contributed by atoms with E-state index in [1.807, 2.05) is 20.8 Å². The number of hydrogen-bond acceptors (Lipinski definition) is 2. The van der Waals surface area contributed by atoms with Crippen molar-refractivity contribution in [1.29, 1.82) is 0 Å². The molecule has 0 aromatic heterocycles. The molecule has 1 aliphatic rings. The summed E-state index contributed by atoms with van der Waals surface area (Å²) < 4.78 is 0. The molecule has 3 atom stereocenters. The highest BCUT2D eigenvalue weighted by Crippen LogP contribution is 2.26. The molecular weight excluding hydrogens is 240 g/mol. The van der Waals surface area contributed by atoms with Crippen molar-refractivity contribution in [1.82, 2.24) is 10.2 Å². The van der Waals surface area contributed by atoms with E-state index in [1.54, 1.807) is 11.8 Å². The molecule has 0 saturated carbocycles. The number of hydrogen-bond donors (Lipinski definition) is 1. The normalized spacial score (nSPS) is 28.8. The molecule has 4 heteroatoms. The first kappa shape index (κ1) is 15.6. The van der Waals surface area contributed by atoms with E-state index < -0.39 is 11.6 Å². The maximum Gasteiger partial charge on any atom is 0.249 e. The largest absolute Gasteiger partial charge is 0.340 e. The van der Waals surface area contributed by atoms with Crippen LogP contribution in [0.2, 0.25) is 0 Å². The van der Waals surface area contributed by atoms with Crippen LogP contribution in [-0.4, -0.2) is 34.3 Å². The van der Waals surface area contributed by atoms with Crippen molar-refractivity contribution in [3.05, 3.63) is 0 Å². The molecule has 0 spiro atoms. The van der Waals surface area contributed by atoms with Crippen LogP contribution in [0.5, 0.6) is 0 Å². The van der Waals surface area contributed by atoms with Crippen LogP contribution in [0.15, 0.2) is 0 Å². The number of nitrogens with one attached hydrogen (secondary N) is 1. The summed E-state index contributed by atoms with van der Waals surface area (Å²) in [5, 5.41) is 2.85. The Kier molecular flexibility index (Phi) is 4.99. The minimum absolute atomic E-state index is 0.0575. The Labute approximate surface area is 115 Å². The van der Waals surface area contributed by atoms with Crippen LogP contribution < -0.4 is 5.32 Å². The Morgan fingerprint density at radius 2 is 2.05 bits per heavy atom. The Morgan fingerprint density at radius 1 is 1.42 bits per heavy atom. The molecule has 0 aromatic carbocycles. The van der Waals surface area contributed by atoms with E-state index in [2.05, 4.69) is 11.2 Å². The van der Waals surface area contributed by atoms with Crippen molar-refractivity contribution in [3.63, 3.8) is 0 Å². The molecule has 106 valence electrons. The average molecular weight is 264 g/mol. The SMILES string of the molecule is C#CC(CCC)N1C(=O)C(C)(CC)NC(=O)C1CC. The number of piperazine rings is 1. The smallest absolute Gasteiger partial charge is 0.249 e. The van der Waals surface area contributed by atoms with Gasteiger partial charge in [-0.2, -0.15) is 0 Å². The van der Waals surface area contributed by atoms with Crippen molar-refractivity contribution in [3.8, 4) is 12.3 Å². The van der Waals surface area contributed by atoms with Crippen LogP contribution in [0.4, 0.5) is 0 Å². The van der Waals surface area contributed by atoms with Gasteiger partial charge in [0.05, 0.1) is 6.04 Å². The molecule has 3 unspecified atom stereocenters. The Morgan fingerprint density at radius 3 is 2.47 bits per heavy atom. The summed E-state index contributed by atoms with van der Waals surface area (Å²) in [4.78, 5) is 26.5. The van der Waals surface area contributed by atoms with Gasteiger partial charge >= 0.3 is 0 Å². The van der Waals surface area contributed by atoms with E-state index >= 15 is 0 Å². The lowest BCUT2D eigenvalue weighted by Crippen LogP contribution is -2.70. The second-order valence-corrected chi connectivity index (χ2v) is 5.28. The highest BCUT2D eigenvalue weighted by molar-refractivity contribution is 5.99. The van der Waals surface area contributed by atoms with E-state index in [0.29, 0.717) is 12.8 Å². The summed E-state index contributed by atoms with van der Waals surface area (Å²) >= 11 is 0. The number of nitrogens with zero attached hydrogens (tertiary/aromatic N) is 1. The molecule has 1 N–H and O–H groups in total. The molecule has 4 nitrogen and oxygen atoms in total. The van der Waals surface area contributed by atoms with Gasteiger partial charge in [-0.1, -0.05) is 33.1 Å². The minimum atomic E-state index is -0.828. The second kappa shape index (κ2) is 6.10. The van der Waals surface area contributed by atoms with Gasteiger partial charge in [0, 0.05) is 0 Å². The van der Waals surface area contributed by atoms with E-state index in [0.717, 1.165) is 12.8 Å². The van der Waals surface area contributed by atoms with Crippen molar-refractivity contribution in [2.24, 2.45) is 0 Å². The zero-order chi connectivity index (χ0) is 14.6. The van der Waals surface area contributed by atoms with Gasteiger partial charge in [-0.15, -0.1) is 6.42 Å². The maximum atomic E-state index is 12.7. The molecule has 0 bridgehead atoms. The van der Waals surface area contributed by atoms with Gasteiger partial charge in [-0.3, -0.25) is 9.59 Å². The highest BCUT2D eigenvalue weighted by atomic mass is 16.2. The molecule has 1 rings (SSSR count). The van der Waals surface area contributed by atoms with Crippen LogP contribution in [-0.2, 0) is 9.59 Å². The second-order valence-electron chi connectivity index (χ2n) is 5.28. The zero-order valence-electron chi connectivity index (χ0n) is 12.3. The van der Waals surface area contributed by atoms with Crippen molar-refractivity contribution in [2.45, 2.75) is 71.0 Å². The van der Waals surface area contributed by atoms with Gasteiger partial charge in [-0.05, 0) is 26.2 Å². The van der Waals surface area contributed by atoms with Gasteiger partial charge in [0.15, 0.2) is 0 Å². The number of terminal acetylenes is 1. The molecular formula is C15H24N2O2. The average Bonchev–Trinajstić information content (AvgIpc) is 2.40. The number of rotatable bonds is 5. The standard InChI is InChI=1S/C15H24N2O2/c1-6-10-11(7-2)17-12(8-3)13(18)16-15(5,9-4)14(17)19/h2,11-12H,6,8-10H2,1,3-5H3,(H,16,18). The lowest BCUT2D eigenvalue weighted by atomic mass is 9.89. The summed E-state index contributed by atoms with van der Waals surface area (Å²) in [7, 11) is 0. The quantitative estimate of drug-likeness (QED) is 0.768. The molecule has 0 aromatic rings. The number of amides is 2. The summed E-state index contributed by atoms with van der Waals surface area (Å²) in [6, 6.07) is -0.737. The Hall–Kier alpha value is -1.50. The summed E-state index contributed by atoms with van der Waals surface area (Å²) in [5.74, 6) is 2.52.